The number of carbonyl (C=O) groups is 4. The van der Waals surface area contributed by atoms with Crippen LogP contribution in [0.2, 0.25) is 0 Å². The Morgan fingerprint density at radius 3 is 0.673 bits per heavy atom. The van der Waals surface area contributed by atoms with Crippen LogP contribution >= 0.6 is 15.6 Å². The van der Waals surface area contributed by atoms with Gasteiger partial charge in [-0.15, -0.1) is 0 Å². The molecule has 0 bridgehead atoms. The van der Waals surface area contributed by atoms with Crippen molar-refractivity contribution < 1.29 is 80.2 Å². The fraction of sp³-hybridized carbons (Fsp3) is 0.951. The van der Waals surface area contributed by atoms with Crippen LogP contribution in [0, 0.1) is 5.92 Å². The number of hydrogen-bond donors (Lipinski definition) is 3. The van der Waals surface area contributed by atoms with Crippen molar-refractivity contribution in [3.05, 3.63) is 0 Å². The number of carbonyl (C=O) groups excluding carboxylic acids is 4. The van der Waals surface area contributed by atoms with E-state index in [-0.39, 0.29) is 25.7 Å². The molecule has 0 radical (unpaired) electrons. The van der Waals surface area contributed by atoms with Crippen LogP contribution in [0.3, 0.4) is 0 Å². The number of esters is 4. The molecule has 0 aliphatic rings. The van der Waals surface area contributed by atoms with Gasteiger partial charge < -0.3 is 33.8 Å². The van der Waals surface area contributed by atoms with Gasteiger partial charge in [0.05, 0.1) is 26.4 Å². The van der Waals surface area contributed by atoms with Crippen molar-refractivity contribution in [2.75, 3.05) is 39.6 Å². The summed E-state index contributed by atoms with van der Waals surface area (Å²) in [5.41, 5.74) is 0. The zero-order valence-corrected chi connectivity index (χ0v) is 67.8. The maximum Gasteiger partial charge on any atom is 0.472 e. The fourth-order valence-electron chi connectivity index (χ4n) is 12.8. The van der Waals surface area contributed by atoms with E-state index in [9.17, 15) is 43.2 Å². The maximum absolute atomic E-state index is 13.1. The average Bonchev–Trinajstić information content (AvgIpc) is 0.938. The van der Waals surface area contributed by atoms with Crippen molar-refractivity contribution in [3.63, 3.8) is 0 Å². The van der Waals surface area contributed by atoms with Crippen LogP contribution in [-0.2, 0) is 65.4 Å². The highest BCUT2D eigenvalue weighted by atomic mass is 31.2. The van der Waals surface area contributed by atoms with E-state index >= 15 is 0 Å². The lowest BCUT2D eigenvalue weighted by Gasteiger charge is -2.21. The van der Waals surface area contributed by atoms with E-state index in [0.717, 1.165) is 102 Å². The Morgan fingerprint density at radius 2 is 0.455 bits per heavy atom. The van der Waals surface area contributed by atoms with Crippen LogP contribution in [0.15, 0.2) is 0 Å². The third-order valence-corrected chi connectivity index (χ3v) is 21.2. The minimum absolute atomic E-state index is 0.105. The first-order valence-corrected chi connectivity index (χ1v) is 45.6. The van der Waals surface area contributed by atoms with E-state index in [1.165, 1.54) is 257 Å². The van der Waals surface area contributed by atoms with Gasteiger partial charge in [0.25, 0.3) is 0 Å². The molecule has 19 heteroatoms. The second-order valence-electron chi connectivity index (χ2n) is 30.0. The maximum atomic E-state index is 13.1. The summed E-state index contributed by atoms with van der Waals surface area (Å²) in [7, 11) is -9.91. The van der Waals surface area contributed by atoms with Crippen molar-refractivity contribution in [2.24, 2.45) is 5.92 Å². The predicted octanol–water partition coefficient (Wildman–Crippen LogP) is 24.8. The van der Waals surface area contributed by atoms with Gasteiger partial charge in [-0.1, -0.05) is 388 Å². The van der Waals surface area contributed by atoms with Gasteiger partial charge in [-0.2, -0.15) is 0 Å². The minimum Gasteiger partial charge on any atom is -0.462 e. The zero-order chi connectivity index (χ0) is 74.1. The van der Waals surface area contributed by atoms with Crippen LogP contribution in [0.5, 0.6) is 0 Å². The standard InChI is InChI=1S/C82H160O17P2/c1-6-9-12-15-18-21-23-25-27-29-31-33-34-36-38-40-42-44-46-52-57-62-67-81(86)98-78(72-93-80(85)66-61-56-51-45-43-41-39-37-35-32-30-28-26-24-22-19-16-13-10-7-2)74-97-101(90,91)95-70-76(83)69-94-100(88,89)96-73-77(71-92-79(84)65-60-55-50-20-17-14-11-8-3)99-82(87)68-63-58-53-48-47-49-54-59-64-75(4)5/h75-78,83H,6-74H2,1-5H3,(H,88,89)(H,90,91)/t76-,77+,78+/m0/s1. The average molecular weight is 1480 g/mol. The highest BCUT2D eigenvalue weighted by Crippen LogP contribution is 2.45. The van der Waals surface area contributed by atoms with Crippen LogP contribution < -0.4 is 0 Å². The van der Waals surface area contributed by atoms with Crippen LogP contribution in [-0.4, -0.2) is 96.7 Å². The first-order valence-electron chi connectivity index (χ1n) is 42.6. The van der Waals surface area contributed by atoms with E-state index < -0.39 is 97.5 Å². The lowest BCUT2D eigenvalue weighted by molar-refractivity contribution is -0.161. The Balaban J connectivity index is 5.15. The molecule has 600 valence electrons. The van der Waals surface area contributed by atoms with Gasteiger partial charge in [0.2, 0.25) is 0 Å². The molecule has 0 aromatic heterocycles. The summed E-state index contributed by atoms with van der Waals surface area (Å²) in [6, 6.07) is 0. The highest BCUT2D eigenvalue weighted by Gasteiger charge is 2.30. The molecule has 0 aromatic rings. The van der Waals surface area contributed by atoms with Gasteiger partial charge in [0.15, 0.2) is 12.2 Å². The molecule has 0 rings (SSSR count). The lowest BCUT2D eigenvalue weighted by Crippen LogP contribution is -2.30. The molecule has 0 aromatic carbocycles. The number of hydrogen-bond acceptors (Lipinski definition) is 15. The normalized spacial score (nSPS) is 13.8. The Bertz CT molecular complexity index is 1930. The zero-order valence-electron chi connectivity index (χ0n) is 66.1. The van der Waals surface area contributed by atoms with Gasteiger partial charge in [-0.3, -0.25) is 37.3 Å². The van der Waals surface area contributed by atoms with Crippen molar-refractivity contribution in [2.45, 2.75) is 457 Å². The first-order chi connectivity index (χ1) is 49.0. The second kappa shape index (κ2) is 74.9. The topological polar surface area (TPSA) is 237 Å². The molecule has 5 atom stereocenters. The minimum atomic E-state index is -4.96. The number of aliphatic hydroxyl groups excluding tert-OH is 1. The number of phosphoric ester groups is 2. The Morgan fingerprint density at radius 1 is 0.267 bits per heavy atom. The third-order valence-electron chi connectivity index (χ3n) is 19.3. The molecule has 0 saturated heterocycles. The molecule has 3 N–H and O–H groups in total. The molecule has 0 amide bonds. The molecule has 0 fully saturated rings. The van der Waals surface area contributed by atoms with E-state index in [4.69, 9.17) is 37.0 Å². The molecule has 17 nitrogen and oxygen atoms in total. The van der Waals surface area contributed by atoms with Crippen molar-refractivity contribution in [1.82, 2.24) is 0 Å². The van der Waals surface area contributed by atoms with E-state index in [1.54, 1.807) is 0 Å². The SMILES string of the molecule is CCCCCCCCCCCCCCCCCCCCCCCCC(=O)O[C@H](COC(=O)CCCCCCCCCCCCCCCCCCCCCC)COP(=O)(O)OC[C@@H](O)COP(=O)(O)OC[C@@H](COC(=O)CCCCCCCCCC)OC(=O)CCCCCCCCCCC(C)C. The molecule has 0 saturated carbocycles. The van der Waals surface area contributed by atoms with E-state index in [0.29, 0.717) is 25.7 Å². The number of phosphoric acid groups is 2. The second-order valence-corrected chi connectivity index (χ2v) is 32.9. The van der Waals surface area contributed by atoms with Gasteiger partial charge >= 0.3 is 39.5 Å². The largest absolute Gasteiger partial charge is 0.472 e. The lowest BCUT2D eigenvalue weighted by atomic mass is 10.0. The monoisotopic (exact) mass is 1480 g/mol. The van der Waals surface area contributed by atoms with Gasteiger partial charge in [0.1, 0.15) is 19.3 Å². The predicted molar refractivity (Wildman–Crippen MR) is 414 cm³/mol. The quantitative estimate of drug-likeness (QED) is 0.0222. The Hall–Kier alpha value is -1.94. The first kappa shape index (κ1) is 99.1. The molecule has 2 unspecified atom stereocenters. The fourth-order valence-corrected chi connectivity index (χ4v) is 14.3. The number of rotatable bonds is 82. The molecule has 0 aliphatic heterocycles. The van der Waals surface area contributed by atoms with Crippen LogP contribution in [0.25, 0.3) is 0 Å². The number of aliphatic hydroxyl groups is 1. The molecular formula is C82H160O17P2. The summed E-state index contributed by atoms with van der Waals surface area (Å²) in [5.74, 6) is -1.39. The third kappa shape index (κ3) is 76.1. The summed E-state index contributed by atoms with van der Waals surface area (Å²) in [4.78, 5) is 72.9. The van der Waals surface area contributed by atoms with E-state index in [1.807, 2.05) is 0 Å². The molecule has 0 aliphatic carbocycles. The number of ether oxygens (including phenoxy) is 4. The van der Waals surface area contributed by atoms with Crippen LogP contribution in [0.1, 0.15) is 439 Å². The van der Waals surface area contributed by atoms with Crippen molar-refractivity contribution in [3.8, 4) is 0 Å². The molecule has 0 spiro atoms. The van der Waals surface area contributed by atoms with Gasteiger partial charge in [-0.25, -0.2) is 9.13 Å². The highest BCUT2D eigenvalue weighted by molar-refractivity contribution is 7.47. The molecule has 101 heavy (non-hydrogen) atoms. The van der Waals surface area contributed by atoms with E-state index in [2.05, 4.69) is 34.6 Å². The summed E-state index contributed by atoms with van der Waals surface area (Å²) >= 11 is 0. The van der Waals surface area contributed by atoms with Crippen molar-refractivity contribution in [1.29, 1.82) is 0 Å². The molecule has 0 heterocycles. The van der Waals surface area contributed by atoms with Crippen molar-refractivity contribution >= 4 is 39.5 Å². The summed E-state index contributed by atoms with van der Waals surface area (Å²) < 4.78 is 68.6. The summed E-state index contributed by atoms with van der Waals surface area (Å²) in [6.07, 6.45) is 67.1. The Labute approximate surface area is 619 Å². The van der Waals surface area contributed by atoms with Crippen LogP contribution in [0.4, 0.5) is 0 Å². The molecular weight excluding hydrogens is 1320 g/mol. The van der Waals surface area contributed by atoms with Gasteiger partial charge in [0, 0.05) is 25.7 Å². The number of unbranched alkanes of at least 4 members (excludes halogenated alkanes) is 54. The Kier molecular flexibility index (Phi) is 73.5. The summed E-state index contributed by atoms with van der Waals surface area (Å²) in [6.45, 7) is 7.25. The van der Waals surface area contributed by atoms with Gasteiger partial charge in [-0.05, 0) is 31.6 Å². The summed E-state index contributed by atoms with van der Waals surface area (Å²) in [5, 5.41) is 10.6. The smallest absolute Gasteiger partial charge is 0.462 e.